The van der Waals surface area contributed by atoms with E-state index in [2.05, 4.69) is 31.2 Å². The van der Waals surface area contributed by atoms with Gasteiger partial charge >= 0.3 is 0 Å². The Morgan fingerprint density at radius 3 is 1.50 bits per heavy atom. The van der Waals surface area contributed by atoms with E-state index in [0.29, 0.717) is 5.92 Å². The lowest BCUT2D eigenvalue weighted by molar-refractivity contribution is 0.413. The molecule has 0 fully saturated rings. The molecule has 20 heavy (non-hydrogen) atoms. The predicted molar refractivity (Wildman–Crippen MR) is 84.9 cm³/mol. The van der Waals surface area contributed by atoms with Crippen LogP contribution < -0.4 is 9.47 Å². The van der Waals surface area contributed by atoms with Crippen LogP contribution in [0.3, 0.4) is 0 Å². The number of methoxy groups -OCH3 is 2. The molecular weight excluding hydrogens is 248 g/mol. The number of hydrogen-bond acceptors (Lipinski definition) is 2. The third-order valence-corrected chi connectivity index (χ3v) is 3.19. The van der Waals surface area contributed by atoms with Crippen LogP contribution in [0.1, 0.15) is 37.8 Å². The molecule has 108 valence electrons. The summed E-state index contributed by atoms with van der Waals surface area (Å²) in [7, 11) is 3.38. The van der Waals surface area contributed by atoms with Crippen LogP contribution >= 0.6 is 0 Å². The SMILES string of the molecule is CC.COc1cccc(C(C)c2cccc(OC)c2)c1. The van der Waals surface area contributed by atoms with Gasteiger partial charge in [0.15, 0.2) is 0 Å². The van der Waals surface area contributed by atoms with E-state index in [0.717, 1.165) is 11.5 Å². The molecule has 0 aliphatic rings. The fourth-order valence-corrected chi connectivity index (χ4v) is 2.01. The molecule has 0 spiro atoms. The van der Waals surface area contributed by atoms with E-state index in [1.54, 1.807) is 14.2 Å². The number of benzene rings is 2. The maximum absolute atomic E-state index is 5.26. The highest BCUT2D eigenvalue weighted by Gasteiger charge is 2.09. The number of ether oxygens (including phenoxy) is 2. The molecule has 2 aromatic carbocycles. The Bertz CT molecular complexity index is 473. The fraction of sp³-hybridized carbons (Fsp3) is 0.333. The first kappa shape index (κ1) is 16.1. The van der Waals surface area contributed by atoms with E-state index in [4.69, 9.17) is 9.47 Å². The summed E-state index contributed by atoms with van der Waals surface area (Å²) >= 11 is 0. The lowest BCUT2D eigenvalue weighted by atomic mass is 9.93. The summed E-state index contributed by atoms with van der Waals surface area (Å²) in [5, 5.41) is 0. The van der Waals surface area contributed by atoms with Crippen molar-refractivity contribution in [2.24, 2.45) is 0 Å². The molecule has 0 aromatic heterocycles. The average Bonchev–Trinajstić information content (AvgIpc) is 2.56. The zero-order chi connectivity index (χ0) is 15.0. The van der Waals surface area contributed by atoms with Crippen LogP contribution in [0.5, 0.6) is 11.5 Å². The average molecular weight is 272 g/mol. The van der Waals surface area contributed by atoms with Crippen molar-refractivity contribution in [1.29, 1.82) is 0 Å². The summed E-state index contributed by atoms with van der Waals surface area (Å²) in [6, 6.07) is 16.3. The summed E-state index contributed by atoms with van der Waals surface area (Å²) < 4.78 is 10.5. The molecule has 0 heterocycles. The lowest BCUT2D eigenvalue weighted by Gasteiger charge is -2.14. The van der Waals surface area contributed by atoms with E-state index in [1.807, 2.05) is 38.1 Å². The minimum absolute atomic E-state index is 0.315. The van der Waals surface area contributed by atoms with E-state index >= 15 is 0 Å². The third-order valence-electron chi connectivity index (χ3n) is 3.19. The van der Waals surface area contributed by atoms with Crippen LogP contribution in [-0.2, 0) is 0 Å². The first-order valence-electron chi connectivity index (χ1n) is 7.02. The molecule has 2 heteroatoms. The summed E-state index contributed by atoms with van der Waals surface area (Å²) in [4.78, 5) is 0. The van der Waals surface area contributed by atoms with Crippen LogP contribution in [0.2, 0.25) is 0 Å². The van der Waals surface area contributed by atoms with E-state index in [-0.39, 0.29) is 0 Å². The second kappa shape index (κ2) is 8.26. The van der Waals surface area contributed by atoms with Crippen molar-refractivity contribution >= 4 is 0 Å². The van der Waals surface area contributed by atoms with Crippen LogP contribution in [0, 0.1) is 0 Å². The van der Waals surface area contributed by atoms with Gasteiger partial charge in [-0.15, -0.1) is 0 Å². The first-order chi connectivity index (χ1) is 9.74. The van der Waals surface area contributed by atoms with Gasteiger partial charge in [-0.1, -0.05) is 45.0 Å². The molecular formula is C18H24O2. The summed E-state index contributed by atoms with van der Waals surface area (Å²) in [6.45, 7) is 6.18. The molecule has 0 aliphatic heterocycles. The standard InChI is InChI=1S/C16H18O2.C2H6/c1-12(13-6-4-8-15(10-13)17-2)14-7-5-9-16(11-14)18-3;1-2/h4-12H,1-3H3;1-2H3. The zero-order valence-corrected chi connectivity index (χ0v) is 13.0. The Balaban J connectivity index is 0.000000956. The van der Waals surface area contributed by atoms with Crippen LogP contribution in [0.15, 0.2) is 48.5 Å². The molecule has 0 aliphatic carbocycles. The summed E-state index contributed by atoms with van der Waals surface area (Å²) in [5.41, 5.74) is 2.48. The molecule has 2 nitrogen and oxygen atoms in total. The van der Waals surface area contributed by atoms with E-state index in [1.165, 1.54) is 11.1 Å². The van der Waals surface area contributed by atoms with Gasteiger partial charge in [-0.25, -0.2) is 0 Å². The largest absolute Gasteiger partial charge is 0.497 e. The topological polar surface area (TPSA) is 18.5 Å². The molecule has 2 aromatic rings. The van der Waals surface area contributed by atoms with Crippen LogP contribution in [0.4, 0.5) is 0 Å². The number of hydrogen-bond donors (Lipinski definition) is 0. The molecule has 0 unspecified atom stereocenters. The van der Waals surface area contributed by atoms with Gasteiger partial charge in [0.25, 0.3) is 0 Å². The van der Waals surface area contributed by atoms with Gasteiger partial charge in [0, 0.05) is 5.92 Å². The van der Waals surface area contributed by atoms with Gasteiger partial charge < -0.3 is 9.47 Å². The highest BCUT2D eigenvalue weighted by molar-refractivity contribution is 5.39. The van der Waals surface area contributed by atoms with Crippen LogP contribution in [-0.4, -0.2) is 14.2 Å². The van der Waals surface area contributed by atoms with Gasteiger partial charge in [0.05, 0.1) is 14.2 Å². The van der Waals surface area contributed by atoms with Gasteiger partial charge in [0.2, 0.25) is 0 Å². The van der Waals surface area contributed by atoms with Gasteiger partial charge in [-0.2, -0.15) is 0 Å². The van der Waals surface area contributed by atoms with Crippen molar-refractivity contribution in [3.05, 3.63) is 59.7 Å². The van der Waals surface area contributed by atoms with Crippen LogP contribution in [0.25, 0.3) is 0 Å². The second-order valence-electron chi connectivity index (χ2n) is 4.27. The molecule has 0 N–H and O–H groups in total. The molecule has 0 saturated heterocycles. The van der Waals surface area contributed by atoms with Gasteiger partial charge in [-0.3, -0.25) is 0 Å². The van der Waals surface area contributed by atoms with Crippen molar-refractivity contribution in [2.45, 2.75) is 26.7 Å². The fourth-order valence-electron chi connectivity index (χ4n) is 2.01. The minimum Gasteiger partial charge on any atom is -0.497 e. The second-order valence-corrected chi connectivity index (χ2v) is 4.27. The smallest absolute Gasteiger partial charge is 0.119 e. The Hall–Kier alpha value is -1.96. The molecule has 0 bridgehead atoms. The Morgan fingerprint density at radius 2 is 1.15 bits per heavy atom. The molecule has 0 saturated carbocycles. The Morgan fingerprint density at radius 1 is 0.750 bits per heavy atom. The van der Waals surface area contributed by atoms with Crippen molar-refractivity contribution < 1.29 is 9.47 Å². The van der Waals surface area contributed by atoms with Crippen molar-refractivity contribution in [2.75, 3.05) is 14.2 Å². The molecule has 0 atom stereocenters. The predicted octanol–water partition coefficient (Wildman–Crippen LogP) is 4.88. The van der Waals surface area contributed by atoms with E-state index < -0.39 is 0 Å². The maximum Gasteiger partial charge on any atom is 0.119 e. The summed E-state index contributed by atoms with van der Waals surface area (Å²) in [5.74, 6) is 2.10. The first-order valence-corrected chi connectivity index (χ1v) is 7.02. The number of rotatable bonds is 4. The normalized spacial score (nSPS) is 9.70. The summed E-state index contributed by atoms with van der Waals surface area (Å²) in [6.07, 6.45) is 0. The third kappa shape index (κ3) is 4.02. The monoisotopic (exact) mass is 272 g/mol. The molecule has 0 amide bonds. The molecule has 2 rings (SSSR count). The molecule has 0 radical (unpaired) electrons. The van der Waals surface area contributed by atoms with Crippen molar-refractivity contribution in [1.82, 2.24) is 0 Å². The van der Waals surface area contributed by atoms with Gasteiger partial charge in [0.1, 0.15) is 11.5 Å². The van der Waals surface area contributed by atoms with Crippen molar-refractivity contribution in [3.63, 3.8) is 0 Å². The zero-order valence-electron chi connectivity index (χ0n) is 13.0. The lowest BCUT2D eigenvalue weighted by Crippen LogP contribution is -1.97. The highest BCUT2D eigenvalue weighted by Crippen LogP contribution is 2.28. The van der Waals surface area contributed by atoms with Crippen molar-refractivity contribution in [3.8, 4) is 11.5 Å². The minimum atomic E-state index is 0.315. The Labute approximate surface area is 122 Å². The quantitative estimate of drug-likeness (QED) is 0.789. The maximum atomic E-state index is 5.26. The van der Waals surface area contributed by atoms with Gasteiger partial charge in [-0.05, 0) is 35.4 Å². The van der Waals surface area contributed by atoms with E-state index in [9.17, 15) is 0 Å². The Kier molecular flexibility index (Phi) is 6.65. The highest BCUT2D eigenvalue weighted by atomic mass is 16.5.